The van der Waals surface area contributed by atoms with Gasteiger partial charge in [0.05, 0.1) is 0 Å². The number of aromatic nitrogens is 2. The zero-order valence-corrected chi connectivity index (χ0v) is 14.0. The number of primary amides is 1. The third-order valence-corrected chi connectivity index (χ3v) is 5.40. The van der Waals surface area contributed by atoms with Crippen molar-refractivity contribution in [1.82, 2.24) is 15.5 Å². The number of hydrogen-bond acceptors (Lipinski definition) is 8. The van der Waals surface area contributed by atoms with E-state index in [9.17, 15) is 9.59 Å². The Hall–Kier alpha value is -1.65. The van der Waals surface area contributed by atoms with E-state index in [2.05, 4.69) is 27.0 Å². The summed E-state index contributed by atoms with van der Waals surface area (Å²) in [7, 11) is 0. The number of hydrogen-bond donors (Lipinski definition) is 3. The molecule has 0 aliphatic heterocycles. The van der Waals surface area contributed by atoms with Gasteiger partial charge in [-0.15, -0.1) is 21.5 Å². The van der Waals surface area contributed by atoms with Crippen molar-refractivity contribution in [1.29, 1.82) is 0 Å². The molecule has 118 valence electrons. The van der Waals surface area contributed by atoms with Crippen LogP contribution in [0.1, 0.15) is 11.3 Å². The molecule has 0 saturated heterocycles. The van der Waals surface area contributed by atoms with Crippen LogP contribution in [0.5, 0.6) is 0 Å². The molecule has 3 amide bonds. The predicted molar refractivity (Wildman–Crippen MR) is 89.5 cm³/mol. The van der Waals surface area contributed by atoms with Crippen molar-refractivity contribution < 1.29 is 9.59 Å². The van der Waals surface area contributed by atoms with E-state index in [1.54, 1.807) is 11.3 Å². The van der Waals surface area contributed by atoms with Crippen molar-refractivity contribution in [3.63, 3.8) is 0 Å². The highest BCUT2D eigenvalue weighted by Gasteiger charge is 2.07. The van der Waals surface area contributed by atoms with E-state index in [1.165, 1.54) is 28.0 Å². The average molecular weight is 357 g/mol. The summed E-state index contributed by atoms with van der Waals surface area (Å²) in [5.41, 5.74) is 4.86. The second-order valence-electron chi connectivity index (χ2n) is 4.14. The number of amides is 3. The monoisotopic (exact) mass is 357 g/mol. The number of nitrogens with zero attached hydrogens (tertiary/aromatic N) is 2. The Labute approximate surface area is 139 Å². The molecule has 0 aliphatic rings. The first-order valence-corrected chi connectivity index (χ1v) is 9.13. The summed E-state index contributed by atoms with van der Waals surface area (Å²) in [6.07, 6.45) is 1.15. The van der Waals surface area contributed by atoms with Crippen LogP contribution in [0, 0.1) is 0 Å². The molecular formula is C12H15N5O2S3. The van der Waals surface area contributed by atoms with Crippen molar-refractivity contribution in [2.75, 3.05) is 17.6 Å². The highest BCUT2D eigenvalue weighted by Crippen LogP contribution is 2.25. The number of carbonyl (C=O) groups is 2. The van der Waals surface area contributed by atoms with Crippen molar-refractivity contribution >= 4 is 51.5 Å². The molecule has 22 heavy (non-hydrogen) atoms. The van der Waals surface area contributed by atoms with Gasteiger partial charge in [0.1, 0.15) is 0 Å². The minimum Gasteiger partial charge on any atom is -0.360 e. The van der Waals surface area contributed by atoms with Gasteiger partial charge in [-0.2, -0.15) is 0 Å². The molecule has 7 nitrogen and oxygen atoms in total. The molecule has 2 aromatic heterocycles. The number of urea groups is 1. The fourth-order valence-corrected chi connectivity index (χ4v) is 4.01. The van der Waals surface area contributed by atoms with Crippen molar-refractivity contribution in [2.45, 2.75) is 17.2 Å². The Bertz CT molecular complexity index is 614. The zero-order chi connectivity index (χ0) is 15.8. The minimum absolute atomic E-state index is 0.203. The van der Waals surface area contributed by atoms with E-state index in [0.717, 1.165) is 22.4 Å². The molecule has 4 N–H and O–H groups in total. The van der Waals surface area contributed by atoms with Crippen molar-refractivity contribution in [2.24, 2.45) is 5.73 Å². The molecule has 0 aliphatic carbocycles. The SMILES string of the molecule is NC(=O)NC(=O)CCSc1nnc(NCCc2cccs2)s1. The Morgan fingerprint density at radius 3 is 2.95 bits per heavy atom. The Morgan fingerprint density at radius 2 is 2.23 bits per heavy atom. The van der Waals surface area contributed by atoms with Gasteiger partial charge in [0.2, 0.25) is 11.0 Å². The third kappa shape index (κ3) is 6.00. The normalized spacial score (nSPS) is 10.4. The van der Waals surface area contributed by atoms with Crippen LogP contribution in [-0.4, -0.2) is 34.4 Å². The summed E-state index contributed by atoms with van der Waals surface area (Å²) < 4.78 is 0.783. The lowest BCUT2D eigenvalue weighted by Gasteiger charge is -1.99. The summed E-state index contributed by atoms with van der Waals surface area (Å²) in [6.45, 7) is 0.806. The lowest BCUT2D eigenvalue weighted by Crippen LogP contribution is -2.35. The number of rotatable bonds is 8. The smallest absolute Gasteiger partial charge is 0.318 e. The first kappa shape index (κ1) is 16.7. The maximum atomic E-state index is 11.2. The number of thiophene rings is 1. The topological polar surface area (TPSA) is 110 Å². The van der Waals surface area contributed by atoms with E-state index in [4.69, 9.17) is 5.73 Å². The molecule has 0 fully saturated rings. The number of nitrogens with one attached hydrogen (secondary N) is 2. The van der Waals surface area contributed by atoms with E-state index in [1.807, 2.05) is 11.4 Å². The van der Waals surface area contributed by atoms with Crippen LogP contribution in [0.4, 0.5) is 9.93 Å². The number of thioether (sulfide) groups is 1. The zero-order valence-electron chi connectivity index (χ0n) is 11.6. The number of anilines is 1. The van der Waals surface area contributed by atoms with Crippen LogP contribution in [0.15, 0.2) is 21.9 Å². The van der Waals surface area contributed by atoms with E-state index in [0.29, 0.717) is 5.75 Å². The van der Waals surface area contributed by atoms with Gasteiger partial charge in [0, 0.05) is 23.6 Å². The van der Waals surface area contributed by atoms with Gasteiger partial charge in [0.25, 0.3) is 0 Å². The molecule has 2 rings (SSSR count). The quantitative estimate of drug-likeness (QED) is 0.623. The van der Waals surface area contributed by atoms with E-state index < -0.39 is 6.03 Å². The molecule has 0 spiro atoms. The summed E-state index contributed by atoms with van der Waals surface area (Å²) >= 11 is 4.60. The lowest BCUT2D eigenvalue weighted by molar-refractivity contribution is -0.119. The van der Waals surface area contributed by atoms with Crippen LogP contribution in [-0.2, 0) is 11.2 Å². The van der Waals surface area contributed by atoms with Gasteiger partial charge >= 0.3 is 6.03 Å². The van der Waals surface area contributed by atoms with Gasteiger partial charge < -0.3 is 11.1 Å². The first-order valence-electron chi connectivity index (χ1n) is 6.45. The van der Waals surface area contributed by atoms with Gasteiger partial charge in [-0.1, -0.05) is 29.2 Å². The molecule has 2 heterocycles. The molecular weight excluding hydrogens is 342 g/mol. The summed E-state index contributed by atoms with van der Waals surface area (Å²) in [5, 5.41) is 16.2. The van der Waals surface area contributed by atoms with Gasteiger partial charge in [-0.25, -0.2) is 4.79 Å². The molecule has 0 bridgehead atoms. The number of imide groups is 1. The second-order valence-corrected chi connectivity index (χ2v) is 7.49. The lowest BCUT2D eigenvalue weighted by atomic mass is 10.3. The Kier molecular flexibility index (Phi) is 6.62. The summed E-state index contributed by atoms with van der Waals surface area (Å²) in [5.74, 6) is 0.127. The maximum absolute atomic E-state index is 11.2. The second kappa shape index (κ2) is 8.71. The van der Waals surface area contributed by atoms with Crippen molar-refractivity contribution in [3.8, 4) is 0 Å². The summed E-state index contributed by atoms with van der Waals surface area (Å²) in [4.78, 5) is 23.0. The molecule has 0 aromatic carbocycles. The third-order valence-electron chi connectivity index (χ3n) is 2.45. The number of nitrogens with two attached hydrogens (primary N) is 1. The largest absolute Gasteiger partial charge is 0.360 e. The minimum atomic E-state index is -0.830. The molecule has 0 atom stereocenters. The summed E-state index contributed by atoms with van der Waals surface area (Å²) in [6, 6.07) is 3.31. The van der Waals surface area contributed by atoms with E-state index in [-0.39, 0.29) is 12.3 Å². The molecule has 2 aromatic rings. The average Bonchev–Trinajstić information content (AvgIpc) is 3.10. The molecule has 0 radical (unpaired) electrons. The molecule has 0 saturated carbocycles. The van der Waals surface area contributed by atoms with E-state index >= 15 is 0 Å². The molecule has 0 unspecified atom stereocenters. The predicted octanol–water partition coefficient (Wildman–Crippen LogP) is 1.93. The first-order chi connectivity index (χ1) is 10.6. The van der Waals surface area contributed by atoms with Gasteiger partial charge in [-0.3, -0.25) is 10.1 Å². The Morgan fingerprint density at radius 1 is 1.36 bits per heavy atom. The molecule has 10 heteroatoms. The van der Waals surface area contributed by atoms with Gasteiger partial charge in [0.15, 0.2) is 4.34 Å². The standard InChI is InChI=1S/C12H15N5O2S3/c13-10(19)15-9(18)4-7-21-12-17-16-11(22-12)14-5-3-8-2-1-6-20-8/h1-2,6H,3-5,7H2,(H,14,16)(H3,13,15,18,19). The highest BCUT2D eigenvalue weighted by molar-refractivity contribution is 8.01. The fraction of sp³-hybridized carbons (Fsp3) is 0.333. The van der Waals surface area contributed by atoms with Crippen LogP contribution >= 0.6 is 34.4 Å². The van der Waals surface area contributed by atoms with Crippen LogP contribution in [0.3, 0.4) is 0 Å². The fourth-order valence-electron chi connectivity index (χ4n) is 1.52. The maximum Gasteiger partial charge on any atom is 0.318 e. The van der Waals surface area contributed by atoms with Crippen LogP contribution in [0.2, 0.25) is 0 Å². The Balaban J connectivity index is 1.65. The van der Waals surface area contributed by atoms with Crippen LogP contribution in [0.25, 0.3) is 0 Å². The van der Waals surface area contributed by atoms with Crippen LogP contribution < -0.4 is 16.4 Å². The number of carbonyl (C=O) groups excluding carboxylic acids is 2. The van der Waals surface area contributed by atoms with Crippen molar-refractivity contribution in [3.05, 3.63) is 22.4 Å². The van der Waals surface area contributed by atoms with Gasteiger partial charge in [-0.05, 0) is 17.9 Å². The highest BCUT2D eigenvalue weighted by atomic mass is 32.2.